The number of benzene rings is 1. The number of aryl methyl sites for hydroxylation is 2. The lowest BCUT2D eigenvalue weighted by Gasteiger charge is -2.13. The van der Waals surface area contributed by atoms with E-state index in [1.807, 2.05) is 51.1 Å². The van der Waals surface area contributed by atoms with Crippen LogP contribution >= 0.6 is 23.8 Å². The monoisotopic (exact) mass is 305 g/mol. The number of hydrogen-bond acceptors (Lipinski definition) is 2. The van der Waals surface area contributed by atoms with Crippen LogP contribution in [0.1, 0.15) is 16.8 Å². The second-order valence-electron chi connectivity index (χ2n) is 4.66. The van der Waals surface area contributed by atoms with E-state index in [1.54, 1.807) is 0 Å². The van der Waals surface area contributed by atoms with Gasteiger partial charge in [-0.05, 0) is 68.4 Å². The van der Waals surface area contributed by atoms with Crippen molar-refractivity contribution in [3.8, 4) is 0 Å². The summed E-state index contributed by atoms with van der Waals surface area (Å²) in [7, 11) is 0. The van der Waals surface area contributed by atoms with Crippen LogP contribution in [-0.4, -0.2) is 10.1 Å². The fraction of sp³-hybridized carbons (Fsp3) is 0.200. The van der Waals surface area contributed by atoms with Crippen LogP contribution in [-0.2, 0) is 0 Å². The first kappa shape index (κ1) is 14.8. The number of thiocarbonyl (C=S) groups is 1. The molecule has 0 saturated carbocycles. The number of nitrogens with zero attached hydrogens (tertiary/aromatic N) is 1. The molecule has 0 fully saturated rings. The van der Waals surface area contributed by atoms with E-state index < -0.39 is 0 Å². The standard InChI is InChI=1S/C15H16ClN3S/c1-9-7-10(2)17-14(8-9)19-15(20)18-13-6-4-5-12(16)11(13)3/h4-8H,1-3H3,(H2,17,18,19,20). The third-order valence-electron chi connectivity index (χ3n) is 2.86. The van der Waals surface area contributed by atoms with E-state index in [-0.39, 0.29) is 0 Å². The third kappa shape index (κ3) is 3.68. The summed E-state index contributed by atoms with van der Waals surface area (Å²) in [6.07, 6.45) is 0. The van der Waals surface area contributed by atoms with Gasteiger partial charge in [-0.25, -0.2) is 4.98 Å². The number of nitrogens with one attached hydrogen (secondary N) is 2. The number of halogens is 1. The predicted molar refractivity (Wildman–Crippen MR) is 89.7 cm³/mol. The van der Waals surface area contributed by atoms with E-state index in [4.69, 9.17) is 23.8 Å². The van der Waals surface area contributed by atoms with Gasteiger partial charge in [-0.2, -0.15) is 0 Å². The van der Waals surface area contributed by atoms with Gasteiger partial charge >= 0.3 is 0 Å². The molecule has 5 heteroatoms. The van der Waals surface area contributed by atoms with Crippen molar-refractivity contribution in [3.63, 3.8) is 0 Å². The Morgan fingerprint density at radius 2 is 1.90 bits per heavy atom. The molecule has 0 atom stereocenters. The molecule has 0 aliphatic rings. The Balaban J connectivity index is 2.11. The lowest BCUT2D eigenvalue weighted by molar-refractivity contribution is 1.18. The Kier molecular flexibility index (Phi) is 4.57. The molecule has 104 valence electrons. The van der Waals surface area contributed by atoms with Crippen molar-refractivity contribution in [3.05, 3.63) is 52.2 Å². The number of anilines is 2. The van der Waals surface area contributed by atoms with Crippen molar-refractivity contribution in [1.29, 1.82) is 0 Å². The van der Waals surface area contributed by atoms with E-state index in [2.05, 4.69) is 15.6 Å². The van der Waals surface area contributed by atoms with Crippen LogP contribution in [0.5, 0.6) is 0 Å². The summed E-state index contributed by atoms with van der Waals surface area (Å²) in [5.74, 6) is 0.736. The molecule has 0 saturated heterocycles. The summed E-state index contributed by atoms with van der Waals surface area (Å²) < 4.78 is 0. The molecule has 2 rings (SSSR count). The summed E-state index contributed by atoms with van der Waals surface area (Å²) in [6.45, 7) is 5.93. The summed E-state index contributed by atoms with van der Waals surface area (Å²) in [4.78, 5) is 4.39. The number of hydrogen-bond donors (Lipinski definition) is 2. The number of pyridine rings is 1. The van der Waals surface area contributed by atoms with Gasteiger partial charge in [0.15, 0.2) is 5.11 Å². The first-order chi connectivity index (χ1) is 9.45. The highest BCUT2D eigenvalue weighted by atomic mass is 35.5. The lowest BCUT2D eigenvalue weighted by atomic mass is 10.2. The topological polar surface area (TPSA) is 37.0 Å². The van der Waals surface area contributed by atoms with Crippen molar-refractivity contribution >= 4 is 40.4 Å². The van der Waals surface area contributed by atoms with Gasteiger partial charge in [0.05, 0.1) is 0 Å². The molecule has 1 aromatic carbocycles. The van der Waals surface area contributed by atoms with Gasteiger partial charge in [0, 0.05) is 16.4 Å². The zero-order valence-corrected chi connectivity index (χ0v) is 13.2. The Labute approximate surface area is 129 Å². The van der Waals surface area contributed by atoms with Crippen LogP contribution in [0.2, 0.25) is 5.02 Å². The first-order valence-electron chi connectivity index (χ1n) is 6.24. The molecule has 2 aromatic rings. The van der Waals surface area contributed by atoms with Crippen molar-refractivity contribution < 1.29 is 0 Å². The van der Waals surface area contributed by atoms with E-state index >= 15 is 0 Å². The molecule has 0 spiro atoms. The van der Waals surface area contributed by atoms with Gasteiger partial charge in [-0.15, -0.1) is 0 Å². The molecular weight excluding hydrogens is 290 g/mol. The second kappa shape index (κ2) is 6.20. The largest absolute Gasteiger partial charge is 0.332 e. The lowest BCUT2D eigenvalue weighted by Crippen LogP contribution is -2.20. The highest BCUT2D eigenvalue weighted by Crippen LogP contribution is 2.23. The third-order valence-corrected chi connectivity index (χ3v) is 3.47. The minimum atomic E-state index is 0.493. The second-order valence-corrected chi connectivity index (χ2v) is 5.48. The van der Waals surface area contributed by atoms with Crippen molar-refractivity contribution in [2.45, 2.75) is 20.8 Å². The van der Waals surface area contributed by atoms with Crippen molar-refractivity contribution in [2.24, 2.45) is 0 Å². The molecular formula is C15H16ClN3S. The van der Waals surface area contributed by atoms with Crippen LogP contribution in [0.3, 0.4) is 0 Å². The van der Waals surface area contributed by atoms with Gasteiger partial charge in [0.25, 0.3) is 0 Å². The molecule has 20 heavy (non-hydrogen) atoms. The molecule has 3 nitrogen and oxygen atoms in total. The minimum absolute atomic E-state index is 0.493. The fourth-order valence-corrected chi connectivity index (χ4v) is 2.31. The first-order valence-corrected chi connectivity index (χ1v) is 7.03. The van der Waals surface area contributed by atoms with Gasteiger partial charge in [-0.1, -0.05) is 17.7 Å². The van der Waals surface area contributed by atoms with Crippen molar-refractivity contribution in [2.75, 3.05) is 10.6 Å². The zero-order chi connectivity index (χ0) is 14.7. The normalized spacial score (nSPS) is 10.2. The zero-order valence-electron chi connectivity index (χ0n) is 11.6. The Bertz CT molecular complexity index is 635. The number of rotatable bonds is 2. The van der Waals surface area contributed by atoms with Crippen LogP contribution in [0.25, 0.3) is 0 Å². The molecule has 2 N–H and O–H groups in total. The number of aromatic nitrogens is 1. The van der Waals surface area contributed by atoms with Crippen LogP contribution in [0.15, 0.2) is 30.3 Å². The fourth-order valence-electron chi connectivity index (χ4n) is 1.92. The average Bonchev–Trinajstić information content (AvgIpc) is 2.33. The van der Waals surface area contributed by atoms with E-state index in [0.717, 1.165) is 28.3 Å². The van der Waals surface area contributed by atoms with Gasteiger partial charge in [-0.3, -0.25) is 0 Å². The maximum Gasteiger partial charge on any atom is 0.176 e. The van der Waals surface area contributed by atoms with Gasteiger partial charge < -0.3 is 10.6 Å². The minimum Gasteiger partial charge on any atom is -0.332 e. The smallest absolute Gasteiger partial charge is 0.176 e. The average molecular weight is 306 g/mol. The Morgan fingerprint density at radius 1 is 1.15 bits per heavy atom. The molecule has 0 radical (unpaired) electrons. The molecule has 0 aliphatic carbocycles. The van der Waals surface area contributed by atoms with Crippen LogP contribution in [0.4, 0.5) is 11.5 Å². The SMILES string of the molecule is Cc1cc(C)nc(NC(=S)Nc2cccc(Cl)c2C)c1. The summed E-state index contributed by atoms with van der Waals surface area (Å²) in [5.41, 5.74) is 3.95. The van der Waals surface area contributed by atoms with Crippen LogP contribution in [0, 0.1) is 20.8 Å². The van der Waals surface area contributed by atoms with Crippen LogP contribution < -0.4 is 10.6 Å². The molecule has 0 aliphatic heterocycles. The maximum absolute atomic E-state index is 6.08. The summed E-state index contributed by atoms with van der Waals surface area (Å²) in [6, 6.07) is 9.64. The quantitative estimate of drug-likeness (QED) is 0.803. The Hall–Kier alpha value is -1.65. The molecule has 0 unspecified atom stereocenters. The van der Waals surface area contributed by atoms with Gasteiger partial charge in [0.2, 0.25) is 0 Å². The molecule has 1 aromatic heterocycles. The predicted octanol–water partition coefficient (Wildman–Crippen LogP) is 4.47. The highest BCUT2D eigenvalue weighted by Gasteiger charge is 2.05. The summed E-state index contributed by atoms with van der Waals surface area (Å²) in [5, 5.41) is 7.42. The maximum atomic E-state index is 6.08. The molecule has 0 amide bonds. The molecule has 0 bridgehead atoms. The highest BCUT2D eigenvalue weighted by molar-refractivity contribution is 7.80. The Morgan fingerprint density at radius 3 is 2.60 bits per heavy atom. The van der Waals surface area contributed by atoms with Gasteiger partial charge in [0.1, 0.15) is 5.82 Å². The van der Waals surface area contributed by atoms with E-state index in [0.29, 0.717) is 10.1 Å². The molecule has 1 heterocycles. The van der Waals surface area contributed by atoms with E-state index in [1.165, 1.54) is 0 Å². The summed E-state index contributed by atoms with van der Waals surface area (Å²) >= 11 is 11.4. The van der Waals surface area contributed by atoms with Crippen molar-refractivity contribution in [1.82, 2.24) is 4.98 Å². The van der Waals surface area contributed by atoms with E-state index in [9.17, 15) is 0 Å².